The van der Waals surface area contributed by atoms with E-state index >= 15 is 0 Å². The van der Waals surface area contributed by atoms with E-state index in [4.69, 9.17) is 9.97 Å². The quantitative estimate of drug-likeness (QED) is 0.566. The van der Waals surface area contributed by atoms with Gasteiger partial charge in [0.1, 0.15) is 5.82 Å². The number of hydrogen-bond donors (Lipinski definition) is 0. The maximum atomic E-state index is 4.83. The van der Waals surface area contributed by atoms with E-state index in [2.05, 4.69) is 74.5 Å². The second-order valence-electron chi connectivity index (χ2n) is 6.55. The van der Waals surface area contributed by atoms with Crippen LogP contribution >= 0.6 is 0 Å². The van der Waals surface area contributed by atoms with Crippen LogP contribution in [-0.2, 0) is 11.8 Å². The average Bonchev–Trinajstić information content (AvgIpc) is 2.68. The van der Waals surface area contributed by atoms with Gasteiger partial charge in [0.15, 0.2) is 0 Å². The maximum absolute atomic E-state index is 4.83. The van der Waals surface area contributed by atoms with Crippen LogP contribution in [0.25, 0.3) is 0 Å². The molecule has 128 valence electrons. The van der Waals surface area contributed by atoms with Crippen LogP contribution in [0, 0.1) is 0 Å². The van der Waals surface area contributed by atoms with Crippen molar-refractivity contribution in [3.8, 4) is 0 Å². The minimum Gasteiger partial charge on any atom is -0.240 e. The van der Waals surface area contributed by atoms with E-state index in [1.54, 1.807) is 0 Å². The minimum atomic E-state index is -0.304. The van der Waals surface area contributed by atoms with Crippen LogP contribution in [0.15, 0.2) is 73.1 Å². The summed E-state index contributed by atoms with van der Waals surface area (Å²) in [6.07, 6.45) is 8.18. The zero-order valence-corrected chi connectivity index (χ0v) is 15.2. The minimum absolute atomic E-state index is 0.304. The lowest BCUT2D eigenvalue weighted by Crippen LogP contribution is -2.31. The van der Waals surface area contributed by atoms with Gasteiger partial charge in [-0.05, 0) is 29.5 Å². The fourth-order valence-electron chi connectivity index (χ4n) is 3.64. The predicted octanol–water partition coefficient (Wildman–Crippen LogP) is 5.56. The van der Waals surface area contributed by atoms with Crippen molar-refractivity contribution in [3.05, 3.63) is 95.6 Å². The van der Waals surface area contributed by atoms with E-state index in [9.17, 15) is 0 Å². The number of aromatic nitrogens is 2. The third-order valence-corrected chi connectivity index (χ3v) is 4.78. The highest BCUT2D eigenvalue weighted by molar-refractivity contribution is 5.46. The molecular weight excluding hydrogens is 304 g/mol. The molecule has 0 bridgehead atoms. The monoisotopic (exact) mass is 330 g/mol. The Bertz CT molecular complexity index is 725. The van der Waals surface area contributed by atoms with E-state index in [0.29, 0.717) is 0 Å². The summed E-state index contributed by atoms with van der Waals surface area (Å²) in [5.41, 5.74) is 3.41. The second-order valence-corrected chi connectivity index (χ2v) is 6.55. The Morgan fingerprint density at radius 1 is 0.720 bits per heavy atom. The van der Waals surface area contributed by atoms with Gasteiger partial charge >= 0.3 is 0 Å². The SMILES string of the molecule is CCCc1cnc(C(CCC)(c2ccccc2)c2ccccc2)nc1. The van der Waals surface area contributed by atoms with E-state index < -0.39 is 0 Å². The Labute approximate surface area is 151 Å². The summed E-state index contributed by atoms with van der Waals surface area (Å²) in [6.45, 7) is 4.41. The van der Waals surface area contributed by atoms with Gasteiger partial charge in [0.2, 0.25) is 0 Å². The highest BCUT2D eigenvalue weighted by Crippen LogP contribution is 2.41. The Kier molecular flexibility index (Phi) is 5.60. The molecule has 0 aliphatic rings. The van der Waals surface area contributed by atoms with Gasteiger partial charge in [-0.2, -0.15) is 0 Å². The van der Waals surface area contributed by atoms with Crippen molar-refractivity contribution >= 4 is 0 Å². The molecule has 2 aromatic carbocycles. The average molecular weight is 330 g/mol. The van der Waals surface area contributed by atoms with Crippen LogP contribution in [0.4, 0.5) is 0 Å². The maximum Gasteiger partial charge on any atom is 0.143 e. The summed E-state index contributed by atoms with van der Waals surface area (Å²) in [6, 6.07) is 21.4. The Morgan fingerprint density at radius 3 is 1.68 bits per heavy atom. The highest BCUT2D eigenvalue weighted by atomic mass is 14.9. The molecule has 0 N–H and O–H groups in total. The van der Waals surface area contributed by atoms with Gasteiger partial charge in [-0.25, -0.2) is 9.97 Å². The molecule has 0 radical (unpaired) electrons. The molecule has 0 saturated carbocycles. The Balaban J connectivity index is 2.20. The molecule has 1 aromatic heterocycles. The van der Waals surface area contributed by atoms with E-state index in [-0.39, 0.29) is 5.41 Å². The Morgan fingerprint density at radius 2 is 1.24 bits per heavy atom. The first-order valence-corrected chi connectivity index (χ1v) is 9.23. The molecule has 0 aliphatic carbocycles. The fourth-order valence-corrected chi connectivity index (χ4v) is 3.64. The summed E-state index contributed by atoms with van der Waals surface area (Å²) < 4.78 is 0. The molecule has 0 spiro atoms. The molecule has 0 fully saturated rings. The molecule has 0 saturated heterocycles. The van der Waals surface area contributed by atoms with Crippen LogP contribution in [0.2, 0.25) is 0 Å². The van der Waals surface area contributed by atoms with Gasteiger partial charge in [0.25, 0.3) is 0 Å². The predicted molar refractivity (Wildman–Crippen MR) is 104 cm³/mol. The van der Waals surface area contributed by atoms with E-state index in [1.165, 1.54) is 16.7 Å². The summed E-state index contributed by atoms with van der Waals surface area (Å²) in [7, 11) is 0. The third kappa shape index (κ3) is 3.48. The normalized spacial score (nSPS) is 11.4. The molecule has 25 heavy (non-hydrogen) atoms. The first-order valence-electron chi connectivity index (χ1n) is 9.23. The highest BCUT2D eigenvalue weighted by Gasteiger charge is 2.38. The fraction of sp³-hybridized carbons (Fsp3) is 0.304. The van der Waals surface area contributed by atoms with Crippen LogP contribution in [0.3, 0.4) is 0 Å². The molecule has 2 heteroatoms. The number of rotatable bonds is 7. The molecule has 0 amide bonds. The van der Waals surface area contributed by atoms with Gasteiger partial charge in [-0.3, -0.25) is 0 Å². The molecule has 0 atom stereocenters. The number of benzene rings is 2. The van der Waals surface area contributed by atoms with Crippen molar-refractivity contribution in [2.75, 3.05) is 0 Å². The summed E-state index contributed by atoms with van der Waals surface area (Å²) >= 11 is 0. The van der Waals surface area contributed by atoms with Crippen molar-refractivity contribution in [1.29, 1.82) is 0 Å². The van der Waals surface area contributed by atoms with Crippen molar-refractivity contribution in [3.63, 3.8) is 0 Å². The third-order valence-electron chi connectivity index (χ3n) is 4.78. The molecule has 2 nitrogen and oxygen atoms in total. The lowest BCUT2D eigenvalue weighted by atomic mass is 9.70. The number of hydrogen-bond acceptors (Lipinski definition) is 2. The van der Waals surface area contributed by atoms with Crippen LogP contribution < -0.4 is 0 Å². The molecule has 1 heterocycles. The molecule has 0 unspecified atom stereocenters. The van der Waals surface area contributed by atoms with Gasteiger partial charge < -0.3 is 0 Å². The first kappa shape index (κ1) is 17.3. The van der Waals surface area contributed by atoms with Crippen LogP contribution in [0.1, 0.15) is 55.6 Å². The lowest BCUT2D eigenvalue weighted by Gasteiger charge is -2.33. The molecule has 3 rings (SSSR count). The lowest BCUT2D eigenvalue weighted by molar-refractivity contribution is 0.516. The smallest absolute Gasteiger partial charge is 0.143 e. The number of nitrogens with zero attached hydrogens (tertiary/aromatic N) is 2. The summed E-state index contributed by atoms with van der Waals surface area (Å²) in [5, 5.41) is 0. The van der Waals surface area contributed by atoms with Gasteiger partial charge in [-0.15, -0.1) is 0 Å². The molecule has 0 aliphatic heterocycles. The number of aryl methyl sites for hydroxylation is 1. The summed E-state index contributed by atoms with van der Waals surface area (Å²) in [5.74, 6) is 0.895. The topological polar surface area (TPSA) is 25.8 Å². The second kappa shape index (κ2) is 8.06. The van der Waals surface area contributed by atoms with Crippen molar-refractivity contribution < 1.29 is 0 Å². The van der Waals surface area contributed by atoms with Crippen molar-refractivity contribution in [2.45, 2.75) is 44.9 Å². The van der Waals surface area contributed by atoms with Crippen molar-refractivity contribution in [1.82, 2.24) is 9.97 Å². The van der Waals surface area contributed by atoms with Crippen LogP contribution in [-0.4, -0.2) is 9.97 Å². The molecular formula is C23H26N2. The van der Waals surface area contributed by atoms with Crippen LogP contribution in [0.5, 0.6) is 0 Å². The standard InChI is InChI=1S/C23H26N2/c1-3-11-19-17-24-22(25-18-19)23(16-4-2,20-12-7-5-8-13-20)21-14-9-6-10-15-21/h5-10,12-15,17-18H,3-4,11,16H2,1-2H3. The first-order chi connectivity index (χ1) is 12.3. The largest absolute Gasteiger partial charge is 0.240 e. The zero-order valence-electron chi connectivity index (χ0n) is 15.2. The van der Waals surface area contributed by atoms with Crippen molar-refractivity contribution in [2.24, 2.45) is 0 Å². The molecule has 3 aromatic rings. The zero-order chi connectivity index (χ0) is 17.5. The summed E-state index contributed by atoms with van der Waals surface area (Å²) in [4.78, 5) is 9.66. The van der Waals surface area contributed by atoms with Gasteiger partial charge in [0, 0.05) is 12.4 Å². The van der Waals surface area contributed by atoms with E-state index in [0.717, 1.165) is 31.5 Å². The van der Waals surface area contributed by atoms with Gasteiger partial charge in [-0.1, -0.05) is 87.4 Å². The van der Waals surface area contributed by atoms with E-state index in [1.807, 2.05) is 12.4 Å². The Hall–Kier alpha value is -2.48. The van der Waals surface area contributed by atoms with Gasteiger partial charge in [0.05, 0.1) is 5.41 Å².